The number of nitrogens with zero attached hydrogens (tertiary/aromatic N) is 3. The van der Waals surface area contributed by atoms with Crippen LogP contribution in [-0.2, 0) is 70.8 Å². The van der Waals surface area contributed by atoms with Crippen LogP contribution in [0.25, 0.3) is 0 Å². The minimum Gasteiger partial charge on any atom is -0.444 e. The summed E-state index contributed by atoms with van der Waals surface area (Å²) in [5, 5.41) is 13.7. The molecule has 5 atom stereocenters. The van der Waals surface area contributed by atoms with Crippen molar-refractivity contribution in [2.75, 3.05) is 27.2 Å². The molecule has 0 fully saturated rings. The van der Waals surface area contributed by atoms with Crippen LogP contribution in [0.15, 0.2) is 78.4 Å². The zero-order valence-corrected chi connectivity index (χ0v) is 53.0. The number of carbonyl (C=O) groups excluding carboxylic acids is 10. The molecule has 0 saturated carbocycles. The summed E-state index contributed by atoms with van der Waals surface area (Å²) in [6, 6.07) is 9.52. The van der Waals surface area contributed by atoms with E-state index in [1.54, 1.807) is 74.6 Å². The average Bonchev–Trinajstić information content (AvgIpc) is 3.50. The molecule has 0 aromatic heterocycles. The van der Waals surface area contributed by atoms with Gasteiger partial charge in [0.1, 0.15) is 29.8 Å². The highest BCUT2D eigenvalue weighted by Crippen LogP contribution is 2.33. The van der Waals surface area contributed by atoms with E-state index in [0.29, 0.717) is 30.4 Å². The second kappa shape index (κ2) is 31.5. The first-order valence-electron chi connectivity index (χ1n) is 28.7. The minimum atomic E-state index is -4.29. The van der Waals surface area contributed by atoms with E-state index < -0.39 is 110 Å². The Morgan fingerprint density at radius 2 is 1.29 bits per heavy atom. The lowest BCUT2D eigenvalue weighted by molar-refractivity contribution is -0.142. The third-order valence-corrected chi connectivity index (χ3v) is 15.5. The summed E-state index contributed by atoms with van der Waals surface area (Å²) >= 11 is 0. The normalized spacial score (nSPS) is 14.8. The average molecular weight is 1210 g/mol. The molecule has 2 aromatic carbocycles. The van der Waals surface area contributed by atoms with Crippen LogP contribution in [0.4, 0.5) is 9.59 Å². The summed E-state index contributed by atoms with van der Waals surface area (Å²) in [6.45, 7) is 23.1. The van der Waals surface area contributed by atoms with Gasteiger partial charge in [-0.25, -0.2) is 22.7 Å². The summed E-state index contributed by atoms with van der Waals surface area (Å²) in [7, 11) is -1.27. The van der Waals surface area contributed by atoms with E-state index in [1.165, 1.54) is 54.1 Å². The van der Waals surface area contributed by atoms with Crippen molar-refractivity contribution < 1.29 is 61.1 Å². The van der Waals surface area contributed by atoms with Gasteiger partial charge >= 0.3 is 12.1 Å². The number of hydrogen-bond acceptors (Lipinski definition) is 13. The van der Waals surface area contributed by atoms with E-state index in [9.17, 15) is 56.4 Å². The van der Waals surface area contributed by atoms with Gasteiger partial charge in [-0.15, -0.1) is 0 Å². The third-order valence-electron chi connectivity index (χ3n) is 14.3. The number of primary amides is 1. The maximum atomic E-state index is 14.7. The highest BCUT2D eigenvalue weighted by Gasteiger charge is 2.46. The van der Waals surface area contributed by atoms with Crippen molar-refractivity contribution in [3.05, 3.63) is 95.1 Å². The van der Waals surface area contributed by atoms with Gasteiger partial charge in [0, 0.05) is 63.3 Å². The molecule has 1 heterocycles. The number of unbranched alkanes of at least 4 members (excludes halogenated alkanes) is 2. The Morgan fingerprint density at radius 3 is 1.84 bits per heavy atom. The zero-order chi connectivity index (χ0) is 64.4. The molecule has 23 nitrogen and oxygen atoms in total. The molecule has 0 bridgehead atoms. The molecule has 2 aromatic rings. The summed E-state index contributed by atoms with van der Waals surface area (Å²) in [5.41, 5.74) is 4.14. The SMILES string of the molecule is CC(=CC(C(C)C)N(C)C(=O)C(NC(=O)C(N(C)C(=O)OC(C)(C)C)C(C)(C)c1ccccc1)C(C)(C)C)C(=O)NS(=O)(=O)Cc1ccc(CNC(=O)C(CCCNC(N)=O)NC(=O)C(NC(=O)CCCCCN2C(=O)C=CC2=O)C(C)C)cc1. The molecule has 0 spiro atoms. The lowest BCUT2D eigenvalue weighted by atomic mass is 9.76. The number of nitrogens with two attached hydrogens (primary N) is 1. The number of carbonyl (C=O) groups is 10. The van der Waals surface area contributed by atoms with Gasteiger partial charge in [-0.1, -0.05) is 129 Å². The van der Waals surface area contributed by atoms with Crippen molar-refractivity contribution >= 4 is 69.4 Å². The van der Waals surface area contributed by atoms with E-state index in [-0.39, 0.29) is 68.1 Å². The first-order valence-corrected chi connectivity index (χ1v) is 30.4. The second-order valence-corrected chi connectivity index (χ2v) is 26.6. The number of urea groups is 1. The van der Waals surface area contributed by atoms with Gasteiger partial charge in [0.05, 0.1) is 11.8 Å². The van der Waals surface area contributed by atoms with Crippen LogP contribution in [0.1, 0.15) is 145 Å². The molecule has 5 unspecified atom stereocenters. The Hall–Kier alpha value is -7.63. The van der Waals surface area contributed by atoms with Crippen LogP contribution in [0.5, 0.6) is 0 Å². The van der Waals surface area contributed by atoms with Crippen molar-refractivity contribution in [1.82, 2.24) is 46.0 Å². The van der Waals surface area contributed by atoms with Gasteiger partial charge in [-0.2, -0.15) is 0 Å². The molecule has 3 rings (SSSR count). The van der Waals surface area contributed by atoms with Crippen molar-refractivity contribution in [2.24, 2.45) is 23.0 Å². The topological polar surface area (TPSA) is 322 Å². The fourth-order valence-electron chi connectivity index (χ4n) is 9.51. The van der Waals surface area contributed by atoms with Gasteiger partial charge in [0.25, 0.3) is 17.7 Å². The molecule has 85 heavy (non-hydrogen) atoms. The predicted octanol–water partition coefficient (Wildman–Crippen LogP) is 4.98. The van der Waals surface area contributed by atoms with E-state index in [2.05, 4.69) is 31.3 Å². The Kier molecular flexibility index (Phi) is 26.5. The van der Waals surface area contributed by atoms with E-state index in [0.717, 1.165) is 10.5 Å². The van der Waals surface area contributed by atoms with Crippen LogP contribution >= 0.6 is 0 Å². The van der Waals surface area contributed by atoms with Crippen molar-refractivity contribution in [2.45, 2.75) is 182 Å². The van der Waals surface area contributed by atoms with Crippen molar-refractivity contribution in [3.8, 4) is 0 Å². The van der Waals surface area contributed by atoms with Crippen LogP contribution in [0.2, 0.25) is 0 Å². The Morgan fingerprint density at radius 1 is 0.706 bits per heavy atom. The highest BCUT2D eigenvalue weighted by molar-refractivity contribution is 7.89. The lowest BCUT2D eigenvalue weighted by Crippen LogP contribution is -2.63. The number of amides is 11. The summed E-state index contributed by atoms with van der Waals surface area (Å²) in [5.74, 6) is -5.62. The van der Waals surface area contributed by atoms with E-state index in [4.69, 9.17) is 10.5 Å². The number of sulfonamides is 1. The summed E-state index contributed by atoms with van der Waals surface area (Å²) < 4.78 is 34.8. The smallest absolute Gasteiger partial charge is 0.410 e. The molecule has 11 amide bonds. The van der Waals surface area contributed by atoms with Gasteiger partial charge in [0.2, 0.25) is 39.6 Å². The van der Waals surface area contributed by atoms with Gasteiger partial charge in [-0.3, -0.25) is 48.2 Å². The minimum absolute atomic E-state index is 0.00539. The quantitative estimate of drug-likeness (QED) is 0.0309. The van der Waals surface area contributed by atoms with Crippen LogP contribution in [0.3, 0.4) is 0 Å². The molecule has 24 heteroatoms. The molecule has 0 radical (unpaired) electrons. The first kappa shape index (κ1) is 71.6. The molecule has 0 saturated heterocycles. The maximum absolute atomic E-state index is 14.7. The van der Waals surface area contributed by atoms with Crippen LogP contribution < -0.4 is 37.0 Å². The number of benzene rings is 2. The molecule has 8 N–H and O–H groups in total. The number of hydrogen-bond donors (Lipinski definition) is 7. The Labute approximate surface area is 501 Å². The van der Waals surface area contributed by atoms with Crippen LogP contribution in [0, 0.1) is 17.3 Å². The standard InChI is InChI=1S/C61H92N10O13S/c1-38(2)45(69(14)56(79)50(59(6,7)8)67-55(78)51(70(15)58(81)84-60(9,10)11)61(12,13)43-23-18-16-19-24-43)35-40(5)52(75)68-85(82,83)37-42-29-27-41(28-30-42)36-64-53(76)44(25-22-33-63-57(62)80)65-54(77)49(39(3)4)66-46(72)26-20-17-21-34-71-47(73)31-32-48(71)74/h16,18-19,23-24,27-32,35,38-39,44-45,49-51H,17,20-22,25-26,33-34,36-37H2,1-15H3,(H,64,76)(H,65,77)(H,66,72)(H,67,78)(H,68,75)(H3,62,63,80). The van der Waals surface area contributed by atoms with Crippen molar-refractivity contribution in [1.29, 1.82) is 0 Å². The maximum Gasteiger partial charge on any atom is 0.410 e. The summed E-state index contributed by atoms with van der Waals surface area (Å²) in [6.07, 6.45) is 5.10. The second-order valence-electron chi connectivity index (χ2n) is 24.9. The van der Waals surface area contributed by atoms with Gasteiger partial charge in [0.15, 0.2) is 0 Å². The molecule has 470 valence electrons. The molecular formula is C61H92N10O13S. The fraction of sp³-hybridized carbons (Fsp3) is 0.574. The monoisotopic (exact) mass is 1200 g/mol. The molecular weight excluding hydrogens is 1110 g/mol. The fourth-order valence-corrected chi connectivity index (χ4v) is 10.7. The summed E-state index contributed by atoms with van der Waals surface area (Å²) in [4.78, 5) is 135. The van der Waals surface area contributed by atoms with E-state index in [1.807, 2.05) is 58.0 Å². The Balaban J connectivity index is 1.70. The lowest BCUT2D eigenvalue weighted by Gasteiger charge is -2.42. The third kappa shape index (κ3) is 22.7. The number of likely N-dealkylation sites (N-methyl/N-ethyl adjacent to an activating group) is 2. The van der Waals surface area contributed by atoms with Crippen molar-refractivity contribution in [3.63, 3.8) is 0 Å². The van der Waals surface area contributed by atoms with E-state index >= 15 is 0 Å². The van der Waals surface area contributed by atoms with Gasteiger partial charge < -0.3 is 42.0 Å². The largest absolute Gasteiger partial charge is 0.444 e. The van der Waals surface area contributed by atoms with Gasteiger partial charge in [-0.05, 0) is 87.3 Å². The predicted molar refractivity (Wildman–Crippen MR) is 323 cm³/mol. The number of imide groups is 1. The highest BCUT2D eigenvalue weighted by atomic mass is 32.2. The molecule has 0 aliphatic carbocycles. The zero-order valence-electron chi connectivity index (χ0n) is 52.2. The first-order chi connectivity index (χ1) is 39.4. The molecule has 1 aliphatic rings. The van der Waals surface area contributed by atoms with Crippen LogP contribution in [-0.4, -0.2) is 145 Å². The number of ether oxygens (including phenoxy) is 1. The Bertz CT molecular complexity index is 2860. The molecule has 1 aliphatic heterocycles. The number of nitrogens with one attached hydrogen (secondary N) is 6. The number of rotatable bonds is 30.